The van der Waals surface area contributed by atoms with Crippen LogP contribution in [0.1, 0.15) is 48.9 Å². The Morgan fingerprint density at radius 1 is 1.22 bits per heavy atom. The van der Waals surface area contributed by atoms with Crippen LogP contribution in [-0.4, -0.2) is 52.5 Å². The molecule has 1 atom stereocenters. The van der Waals surface area contributed by atoms with Crippen LogP contribution in [0.3, 0.4) is 0 Å². The van der Waals surface area contributed by atoms with E-state index < -0.39 is 5.79 Å². The van der Waals surface area contributed by atoms with Crippen LogP contribution in [0.15, 0.2) is 48.7 Å². The van der Waals surface area contributed by atoms with Crippen molar-refractivity contribution in [2.75, 3.05) is 19.8 Å². The maximum atomic E-state index is 12.9. The van der Waals surface area contributed by atoms with E-state index >= 15 is 0 Å². The van der Waals surface area contributed by atoms with Gasteiger partial charge in [0.15, 0.2) is 5.82 Å². The maximum Gasteiger partial charge on any atom is 0.251 e. The number of imidazole rings is 1. The van der Waals surface area contributed by atoms with Crippen molar-refractivity contribution in [3.8, 4) is 17.0 Å². The van der Waals surface area contributed by atoms with Crippen LogP contribution in [0.2, 0.25) is 5.02 Å². The molecule has 2 N–H and O–H groups in total. The Morgan fingerprint density at radius 2 is 1.92 bits per heavy atom. The van der Waals surface area contributed by atoms with Crippen molar-refractivity contribution in [2.45, 2.75) is 51.5 Å². The van der Waals surface area contributed by atoms with Gasteiger partial charge in [0.2, 0.25) is 5.79 Å². The Labute approximate surface area is 222 Å². The van der Waals surface area contributed by atoms with Gasteiger partial charge in [-0.1, -0.05) is 35.9 Å². The van der Waals surface area contributed by atoms with Crippen molar-refractivity contribution >= 4 is 17.5 Å². The van der Waals surface area contributed by atoms with E-state index in [0.717, 1.165) is 22.6 Å². The quantitative estimate of drug-likeness (QED) is 0.404. The standard InChI is InChI=1S/C28H34ClN3O5/c1-18(2)37-25-10-9-21(16-23(25)29)26(34)30-22(11-12-33)15-19-5-7-20(8-6-19)24-17-32(4)27(31-24)28(3)35-13-14-36-28/h5-10,16-18,22,33H,11-15H2,1-4H3,(H,30,34). The van der Waals surface area contributed by atoms with Crippen LogP contribution in [0, 0.1) is 0 Å². The molecule has 1 unspecified atom stereocenters. The van der Waals surface area contributed by atoms with E-state index in [4.69, 9.17) is 30.8 Å². The normalized spacial score (nSPS) is 15.6. The molecule has 1 aromatic heterocycles. The van der Waals surface area contributed by atoms with E-state index in [1.807, 2.05) is 62.8 Å². The third-order valence-corrected chi connectivity index (χ3v) is 6.52. The number of nitrogens with zero attached hydrogens (tertiary/aromatic N) is 2. The minimum atomic E-state index is -0.839. The fourth-order valence-electron chi connectivity index (χ4n) is 4.41. The first-order valence-electron chi connectivity index (χ1n) is 12.5. The molecule has 198 valence electrons. The molecule has 1 aliphatic heterocycles. The van der Waals surface area contributed by atoms with Crippen LogP contribution in [0.4, 0.5) is 0 Å². The molecule has 2 aromatic carbocycles. The number of benzene rings is 2. The molecule has 8 nitrogen and oxygen atoms in total. The van der Waals surface area contributed by atoms with E-state index in [9.17, 15) is 9.90 Å². The van der Waals surface area contributed by atoms with Crippen molar-refractivity contribution in [1.29, 1.82) is 0 Å². The second-order valence-corrected chi connectivity index (χ2v) is 10.0. The zero-order chi connectivity index (χ0) is 26.6. The van der Waals surface area contributed by atoms with Gasteiger partial charge in [-0.3, -0.25) is 4.79 Å². The first-order valence-corrected chi connectivity index (χ1v) is 12.9. The van der Waals surface area contributed by atoms with Crippen molar-refractivity contribution < 1.29 is 24.1 Å². The van der Waals surface area contributed by atoms with Gasteiger partial charge in [0, 0.05) is 37.0 Å². The van der Waals surface area contributed by atoms with E-state index in [1.54, 1.807) is 18.2 Å². The number of aromatic nitrogens is 2. The second-order valence-electron chi connectivity index (χ2n) is 9.60. The van der Waals surface area contributed by atoms with Crippen LogP contribution in [-0.2, 0) is 28.7 Å². The van der Waals surface area contributed by atoms with Crippen LogP contribution >= 0.6 is 11.6 Å². The predicted octanol–water partition coefficient (Wildman–Crippen LogP) is 4.47. The lowest BCUT2D eigenvalue weighted by Crippen LogP contribution is -2.37. The van der Waals surface area contributed by atoms with E-state index in [0.29, 0.717) is 42.4 Å². The zero-order valence-corrected chi connectivity index (χ0v) is 22.4. The van der Waals surface area contributed by atoms with Crippen LogP contribution < -0.4 is 10.1 Å². The largest absolute Gasteiger partial charge is 0.489 e. The molecule has 0 bridgehead atoms. The molecular weight excluding hydrogens is 494 g/mol. The van der Waals surface area contributed by atoms with Crippen LogP contribution in [0.25, 0.3) is 11.3 Å². The Balaban J connectivity index is 1.43. The Morgan fingerprint density at radius 3 is 2.54 bits per heavy atom. The molecule has 37 heavy (non-hydrogen) atoms. The molecular formula is C28H34ClN3O5. The van der Waals surface area contributed by atoms with E-state index in [1.165, 1.54) is 0 Å². The molecule has 0 radical (unpaired) electrons. The highest BCUT2D eigenvalue weighted by atomic mass is 35.5. The highest BCUT2D eigenvalue weighted by Crippen LogP contribution is 2.32. The summed E-state index contributed by atoms with van der Waals surface area (Å²) in [6.07, 6.45) is 2.94. The molecule has 0 spiro atoms. The van der Waals surface area contributed by atoms with Crippen molar-refractivity contribution in [3.63, 3.8) is 0 Å². The zero-order valence-electron chi connectivity index (χ0n) is 21.7. The van der Waals surface area contributed by atoms with Gasteiger partial charge in [-0.2, -0.15) is 0 Å². The van der Waals surface area contributed by atoms with Gasteiger partial charge in [0.05, 0.1) is 30.0 Å². The molecule has 1 saturated heterocycles. The number of carbonyl (C=O) groups excluding carboxylic acids is 1. The average Bonchev–Trinajstić information content (AvgIpc) is 3.47. The molecule has 1 aliphatic rings. The number of aliphatic hydroxyl groups excluding tert-OH is 1. The summed E-state index contributed by atoms with van der Waals surface area (Å²) < 4.78 is 19.1. The lowest BCUT2D eigenvalue weighted by atomic mass is 10.0. The summed E-state index contributed by atoms with van der Waals surface area (Å²) in [4.78, 5) is 17.6. The molecule has 1 fully saturated rings. The summed E-state index contributed by atoms with van der Waals surface area (Å²) in [6.45, 7) is 6.76. The van der Waals surface area contributed by atoms with E-state index in [-0.39, 0.29) is 24.7 Å². The second kappa shape index (κ2) is 11.6. The van der Waals surface area contributed by atoms with Gasteiger partial charge >= 0.3 is 0 Å². The summed E-state index contributed by atoms with van der Waals surface area (Å²) >= 11 is 6.30. The third-order valence-electron chi connectivity index (χ3n) is 6.22. The summed E-state index contributed by atoms with van der Waals surface area (Å²) in [5, 5.41) is 13.0. The number of rotatable bonds is 10. The minimum absolute atomic E-state index is 0.0177. The van der Waals surface area contributed by atoms with Gasteiger partial charge < -0.3 is 29.2 Å². The summed E-state index contributed by atoms with van der Waals surface area (Å²) in [6, 6.07) is 12.8. The highest BCUT2D eigenvalue weighted by Gasteiger charge is 2.37. The molecule has 1 amide bonds. The molecule has 0 aliphatic carbocycles. The Bertz CT molecular complexity index is 1220. The fraction of sp³-hybridized carbons (Fsp3) is 0.429. The Kier molecular flexibility index (Phi) is 8.54. The number of hydrogen-bond donors (Lipinski definition) is 2. The number of carbonyl (C=O) groups is 1. The predicted molar refractivity (Wildman–Crippen MR) is 142 cm³/mol. The molecule has 4 rings (SSSR count). The van der Waals surface area contributed by atoms with Crippen molar-refractivity contribution in [2.24, 2.45) is 7.05 Å². The van der Waals surface area contributed by atoms with Crippen molar-refractivity contribution in [3.05, 3.63) is 70.6 Å². The molecule has 2 heterocycles. The molecule has 3 aromatic rings. The number of aryl methyl sites for hydroxylation is 1. The highest BCUT2D eigenvalue weighted by molar-refractivity contribution is 6.32. The van der Waals surface area contributed by atoms with Gasteiger partial charge in [-0.05, 0) is 57.4 Å². The number of halogens is 1. The number of hydrogen-bond acceptors (Lipinski definition) is 6. The number of amides is 1. The summed E-state index contributed by atoms with van der Waals surface area (Å²) in [7, 11) is 1.93. The maximum absolute atomic E-state index is 12.9. The number of nitrogens with one attached hydrogen (secondary N) is 1. The van der Waals surface area contributed by atoms with E-state index in [2.05, 4.69) is 5.32 Å². The first kappa shape index (κ1) is 27.1. The molecule has 0 saturated carbocycles. The summed E-state index contributed by atoms with van der Waals surface area (Å²) in [5.74, 6) is 0.171. The van der Waals surface area contributed by atoms with Gasteiger partial charge in [-0.15, -0.1) is 0 Å². The minimum Gasteiger partial charge on any atom is -0.489 e. The van der Waals surface area contributed by atoms with Gasteiger partial charge in [0.25, 0.3) is 5.91 Å². The fourth-order valence-corrected chi connectivity index (χ4v) is 4.63. The monoisotopic (exact) mass is 527 g/mol. The number of aliphatic hydroxyl groups is 1. The van der Waals surface area contributed by atoms with Gasteiger partial charge in [0.1, 0.15) is 5.75 Å². The average molecular weight is 528 g/mol. The smallest absolute Gasteiger partial charge is 0.251 e. The molecule has 9 heteroatoms. The van der Waals surface area contributed by atoms with Crippen LogP contribution in [0.5, 0.6) is 5.75 Å². The Hall–Kier alpha value is -2.91. The third kappa shape index (κ3) is 6.51. The first-order chi connectivity index (χ1) is 17.7. The topological polar surface area (TPSA) is 94.8 Å². The number of ether oxygens (including phenoxy) is 3. The lowest BCUT2D eigenvalue weighted by molar-refractivity contribution is -0.157. The summed E-state index contributed by atoms with van der Waals surface area (Å²) in [5.41, 5.74) is 3.26. The SMILES string of the molecule is CC(C)Oc1ccc(C(=O)NC(CCO)Cc2ccc(-c3cn(C)c(C4(C)OCCO4)n3)cc2)cc1Cl. The van der Waals surface area contributed by atoms with Crippen molar-refractivity contribution in [1.82, 2.24) is 14.9 Å². The lowest BCUT2D eigenvalue weighted by Gasteiger charge is -2.21. The van der Waals surface area contributed by atoms with Gasteiger partial charge in [-0.25, -0.2) is 4.98 Å².